The molecule has 22 heavy (non-hydrogen) atoms. The number of hydrogen-bond donors (Lipinski definition) is 1. The lowest BCUT2D eigenvalue weighted by molar-refractivity contribution is 0.0526. The number of anilines is 1. The van der Waals surface area contributed by atoms with Crippen molar-refractivity contribution in [3.8, 4) is 0 Å². The largest absolute Gasteiger partial charge is 0.462 e. The van der Waals surface area contributed by atoms with Crippen LogP contribution >= 0.6 is 0 Å². The normalized spacial score (nSPS) is 10.3. The molecule has 0 fully saturated rings. The molecule has 1 N–H and O–H groups in total. The number of carbonyl (C=O) groups is 1. The summed E-state index contributed by atoms with van der Waals surface area (Å²) in [5.41, 5.74) is 2.21. The van der Waals surface area contributed by atoms with Crippen molar-refractivity contribution in [3.05, 3.63) is 65.5 Å². The Labute approximate surface area is 130 Å². The van der Waals surface area contributed by atoms with Crippen LogP contribution in [0, 0.1) is 5.82 Å². The van der Waals surface area contributed by atoms with E-state index in [2.05, 4.69) is 5.32 Å². The van der Waals surface area contributed by atoms with Gasteiger partial charge in [-0.05, 0) is 55.7 Å². The Morgan fingerprint density at radius 3 is 2.55 bits per heavy atom. The molecule has 0 amide bonds. The Hall–Kier alpha value is -2.36. The van der Waals surface area contributed by atoms with E-state index in [4.69, 9.17) is 4.74 Å². The van der Waals surface area contributed by atoms with Gasteiger partial charge in [-0.2, -0.15) is 0 Å². The van der Waals surface area contributed by atoms with Gasteiger partial charge >= 0.3 is 5.97 Å². The van der Waals surface area contributed by atoms with Crippen LogP contribution in [0.4, 0.5) is 10.1 Å². The Kier molecular flexibility index (Phi) is 5.95. The van der Waals surface area contributed by atoms with Crippen molar-refractivity contribution in [2.45, 2.75) is 19.8 Å². The van der Waals surface area contributed by atoms with Gasteiger partial charge in [0.25, 0.3) is 0 Å². The van der Waals surface area contributed by atoms with E-state index < -0.39 is 0 Å². The van der Waals surface area contributed by atoms with Gasteiger partial charge in [0.2, 0.25) is 0 Å². The first-order valence-corrected chi connectivity index (χ1v) is 7.45. The standard InChI is InChI=1S/C18H20FNO2/c1-2-22-18(21)15-9-11-16(12-10-15)20-13-5-7-14-6-3-4-8-17(14)19/h3-4,6,8-12,20H,2,5,7,13H2,1H3. The average molecular weight is 301 g/mol. The second kappa shape index (κ2) is 8.17. The zero-order chi connectivity index (χ0) is 15.8. The second-order valence-electron chi connectivity index (χ2n) is 4.92. The number of esters is 1. The van der Waals surface area contributed by atoms with Crippen molar-refractivity contribution in [1.82, 2.24) is 0 Å². The van der Waals surface area contributed by atoms with Gasteiger partial charge < -0.3 is 10.1 Å². The second-order valence-corrected chi connectivity index (χ2v) is 4.92. The van der Waals surface area contributed by atoms with Crippen molar-refractivity contribution < 1.29 is 13.9 Å². The van der Waals surface area contributed by atoms with Crippen molar-refractivity contribution in [1.29, 1.82) is 0 Å². The quantitative estimate of drug-likeness (QED) is 0.619. The van der Waals surface area contributed by atoms with Gasteiger partial charge in [-0.25, -0.2) is 9.18 Å². The molecule has 0 aliphatic carbocycles. The van der Waals surface area contributed by atoms with E-state index >= 15 is 0 Å². The van der Waals surface area contributed by atoms with Crippen LogP contribution in [0.25, 0.3) is 0 Å². The number of rotatable bonds is 7. The predicted molar refractivity (Wildman–Crippen MR) is 85.6 cm³/mol. The summed E-state index contributed by atoms with van der Waals surface area (Å²) < 4.78 is 18.4. The molecular formula is C18H20FNO2. The molecule has 0 spiro atoms. The van der Waals surface area contributed by atoms with Gasteiger partial charge in [0, 0.05) is 12.2 Å². The number of hydrogen-bond acceptors (Lipinski definition) is 3. The summed E-state index contributed by atoms with van der Waals surface area (Å²) in [6, 6.07) is 14.0. The smallest absolute Gasteiger partial charge is 0.338 e. The van der Waals surface area contributed by atoms with Crippen LogP contribution in [0.5, 0.6) is 0 Å². The minimum Gasteiger partial charge on any atom is -0.462 e. The van der Waals surface area contributed by atoms with Gasteiger partial charge in [-0.1, -0.05) is 18.2 Å². The summed E-state index contributed by atoms with van der Waals surface area (Å²) in [6.07, 6.45) is 1.53. The molecule has 3 nitrogen and oxygen atoms in total. The molecule has 116 valence electrons. The zero-order valence-electron chi connectivity index (χ0n) is 12.6. The lowest BCUT2D eigenvalue weighted by Gasteiger charge is -2.08. The number of nitrogens with one attached hydrogen (secondary N) is 1. The number of benzene rings is 2. The Bertz CT molecular complexity index is 611. The molecule has 0 heterocycles. The summed E-state index contributed by atoms with van der Waals surface area (Å²) in [5, 5.41) is 3.26. The molecule has 0 unspecified atom stereocenters. The van der Waals surface area contributed by atoms with Gasteiger partial charge in [0.15, 0.2) is 0 Å². The highest BCUT2D eigenvalue weighted by atomic mass is 19.1. The highest BCUT2D eigenvalue weighted by molar-refractivity contribution is 5.89. The van der Waals surface area contributed by atoms with Crippen molar-refractivity contribution in [2.75, 3.05) is 18.5 Å². The first-order chi connectivity index (χ1) is 10.7. The third-order valence-electron chi connectivity index (χ3n) is 3.31. The highest BCUT2D eigenvalue weighted by Crippen LogP contribution is 2.12. The maximum Gasteiger partial charge on any atom is 0.338 e. The number of ether oxygens (including phenoxy) is 1. The molecule has 0 aliphatic rings. The molecule has 0 aromatic heterocycles. The van der Waals surface area contributed by atoms with Crippen molar-refractivity contribution in [2.24, 2.45) is 0 Å². The van der Waals surface area contributed by atoms with E-state index in [9.17, 15) is 9.18 Å². The lowest BCUT2D eigenvalue weighted by Crippen LogP contribution is -2.06. The van der Waals surface area contributed by atoms with Gasteiger partial charge in [0.1, 0.15) is 5.82 Å². The zero-order valence-corrected chi connectivity index (χ0v) is 12.6. The third kappa shape index (κ3) is 4.58. The minimum absolute atomic E-state index is 0.152. The molecule has 2 aromatic rings. The first-order valence-electron chi connectivity index (χ1n) is 7.45. The van der Waals surface area contributed by atoms with Gasteiger partial charge in [-0.15, -0.1) is 0 Å². The number of halogens is 1. The molecule has 0 saturated carbocycles. The van der Waals surface area contributed by atoms with E-state index in [1.807, 2.05) is 24.3 Å². The summed E-state index contributed by atoms with van der Waals surface area (Å²) in [5.74, 6) is -0.463. The fraction of sp³-hybridized carbons (Fsp3) is 0.278. The Morgan fingerprint density at radius 2 is 1.86 bits per heavy atom. The van der Waals surface area contributed by atoms with Crippen LogP contribution in [-0.4, -0.2) is 19.1 Å². The minimum atomic E-state index is -0.311. The van der Waals surface area contributed by atoms with Gasteiger partial charge in [0.05, 0.1) is 12.2 Å². The Balaban J connectivity index is 1.78. The first kappa shape index (κ1) is 16.0. The summed E-state index contributed by atoms with van der Waals surface area (Å²) in [7, 11) is 0. The average Bonchev–Trinajstić information content (AvgIpc) is 2.54. The van der Waals surface area contributed by atoms with Gasteiger partial charge in [-0.3, -0.25) is 0 Å². The van der Waals surface area contributed by atoms with Crippen LogP contribution in [0.3, 0.4) is 0 Å². The summed E-state index contributed by atoms with van der Waals surface area (Å²) in [4.78, 5) is 11.5. The van der Waals surface area contributed by atoms with E-state index in [1.54, 1.807) is 25.1 Å². The van der Waals surface area contributed by atoms with E-state index in [0.29, 0.717) is 18.6 Å². The summed E-state index contributed by atoms with van der Waals surface area (Å²) >= 11 is 0. The maximum atomic E-state index is 13.5. The van der Waals surface area contributed by atoms with E-state index in [1.165, 1.54) is 6.07 Å². The van der Waals surface area contributed by atoms with Crippen LogP contribution < -0.4 is 5.32 Å². The number of carbonyl (C=O) groups excluding carboxylic acids is 1. The lowest BCUT2D eigenvalue weighted by atomic mass is 10.1. The van der Waals surface area contributed by atoms with Crippen molar-refractivity contribution >= 4 is 11.7 Å². The maximum absolute atomic E-state index is 13.5. The molecule has 4 heteroatoms. The SMILES string of the molecule is CCOC(=O)c1ccc(NCCCc2ccccc2F)cc1. The molecule has 0 bridgehead atoms. The van der Waals surface area contributed by atoms with E-state index in [-0.39, 0.29) is 11.8 Å². The third-order valence-corrected chi connectivity index (χ3v) is 3.31. The Morgan fingerprint density at radius 1 is 1.14 bits per heavy atom. The molecule has 0 aliphatic heterocycles. The monoisotopic (exact) mass is 301 g/mol. The summed E-state index contributed by atoms with van der Waals surface area (Å²) in [6.45, 7) is 2.89. The molecule has 0 atom stereocenters. The highest BCUT2D eigenvalue weighted by Gasteiger charge is 2.05. The van der Waals surface area contributed by atoms with E-state index in [0.717, 1.165) is 24.2 Å². The van der Waals surface area contributed by atoms with Crippen LogP contribution in [-0.2, 0) is 11.2 Å². The predicted octanol–water partition coefficient (Wildman–Crippen LogP) is 4.05. The molecule has 2 rings (SSSR count). The topological polar surface area (TPSA) is 38.3 Å². The van der Waals surface area contributed by atoms with Crippen LogP contribution in [0.15, 0.2) is 48.5 Å². The molecular weight excluding hydrogens is 281 g/mol. The fourth-order valence-electron chi connectivity index (χ4n) is 2.15. The molecule has 2 aromatic carbocycles. The number of aryl methyl sites for hydroxylation is 1. The van der Waals surface area contributed by atoms with Crippen molar-refractivity contribution in [3.63, 3.8) is 0 Å². The molecule has 0 radical (unpaired) electrons. The van der Waals surface area contributed by atoms with Crippen LogP contribution in [0.2, 0.25) is 0 Å². The molecule has 0 saturated heterocycles. The van der Waals surface area contributed by atoms with Crippen LogP contribution in [0.1, 0.15) is 29.3 Å². The fourth-order valence-corrected chi connectivity index (χ4v) is 2.15.